The molecule has 6 nitrogen and oxygen atoms in total. The molecule has 2 saturated heterocycles. The number of carbonyl (C=O) groups is 1. The Morgan fingerprint density at radius 2 is 2.03 bits per heavy atom. The number of hydrogen-bond donors (Lipinski definition) is 1. The number of ether oxygens (including phenoxy) is 1. The molecule has 1 atom stereocenters. The molecule has 2 aliphatic heterocycles. The van der Waals surface area contributed by atoms with Crippen LogP contribution in [0.1, 0.15) is 41.7 Å². The summed E-state index contributed by atoms with van der Waals surface area (Å²) in [4.78, 5) is 14.5. The highest BCUT2D eigenvalue weighted by Crippen LogP contribution is 2.39. The normalized spacial score (nSPS) is 21.6. The van der Waals surface area contributed by atoms with Crippen molar-refractivity contribution in [3.05, 3.63) is 53.4 Å². The average molecular weight is 404 g/mol. The number of piperidine rings is 1. The maximum atomic E-state index is 13.4. The van der Waals surface area contributed by atoms with Gasteiger partial charge in [0.05, 0.1) is 11.7 Å². The smallest absolute Gasteiger partial charge is 0.269 e. The predicted molar refractivity (Wildman–Crippen MR) is 103 cm³/mol. The molecule has 0 saturated carbocycles. The second-order valence-corrected chi connectivity index (χ2v) is 8.04. The molecule has 0 radical (unpaired) electrons. The maximum Gasteiger partial charge on any atom is 0.269 e. The lowest BCUT2D eigenvalue weighted by Crippen LogP contribution is -2.45. The maximum absolute atomic E-state index is 13.4. The van der Waals surface area contributed by atoms with E-state index in [0.29, 0.717) is 18.8 Å². The highest BCUT2D eigenvalue weighted by Gasteiger charge is 2.42. The summed E-state index contributed by atoms with van der Waals surface area (Å²) in [6, 6.07) is 5.78. The third kappa shape index (κ3) is 4.48. The molecule has 1 aromatic carbocycles. The highest BCUT2D eigenvalue weighted by molar-refractivity contribution is 5.92. The molecule has 2 aliphatic rings. The van der Waals surface area contributed by atoms with Crippen molar-refractivity contribution in [1.29, 1.82) is 0 Å². The number of nitrogens with zero attached hydrogens (tertiary/aromatic N) is 3. The lowest BCUT2D eigenvalue weighted by atomic mass is 9.88. The molecule has 1 amide bonds. The second kappa shape index (κ2) is 8.20. The molecule has 3 heterocycles. The van der Waals surface area contributed by atoms with Gasteiger partial charge in [0.1, 0.15) is 5.69 Å². The van der Waals surface area contributed by atoms with Crippen LogP contribution in [0.5, 0.6) is 0 Å². The molecule has 0 bridgehead atoms. The number of aromatic nitrogens is 2. The fourth-order valence-corrected chi connectivity index (χ4v) is 4.32. The zero-order valence-electron chi connectivity index (χ0n) is 16.5. The monoisotopic (exact) mass is 404 g/mol. The third-order valence-corrected chi connectivity index (χ3v) is 6.04. The van der Waals surface area contributed by atoms with Gasteiger partial charge < -0.3 is 10.1 Å². The lowest BCUT2D eigenvalue weighted by molar-refractivity contribution is -0.0764. The van der Waals surface area contributed by atoms with Gasteiger partial charge in [-0.1, -0.05) is 6.07 Å². The van der Waals surface area contributed by atoms with Crippen LogP contribution >= 0.6 is 0 Å². The van der Waals surface area contributed by atoms with E-state index in [1.54, 1.807) is 30.1 Å². The van der Waals surface area contributed by atoms with Crippen molar-refractivity contribution in [1.82, 2.24) is 20.0 Å². The van der Waals surface area contributed by atoms with Crippen LogP contribution in [-0.2, 0) is 18.3 Å². The van der Waals surface area contributed by atoms with Gasteiger partial charge in [-0.2, -0.15) is 5.10 Å². The molecule has 0 unspecified atom stereocenters. The van der Waals surface area contributed by atoms with E-state index >= 15 is 0 Å². The summed E-state index contributed by atoms with van der Waals surface area (Å²) in [7, 11) is 1.74. The number of likely N-dealkylation sites (tertiary alicyclic amines) is 1. The number of amides is 1. The fraction of sp³-hybridized carbons (Fsp3) is 0.524. The molecule has 1 N–H and O–H groups in total. The van der Waals surface area contributed by atoms with E-state index in [1.807, 2.05) is 0 Å². The first-order valence-electron chi connectivity index (χ1n) is 10.0. The van der Waals surface area contributed by atoms with E-state index in [0.717, 1.165) is 44.3 Å². The molecular weight excluding hydrogens is 378 g/mol. The molecule has 1 aromatic heterocycles. The number of benzene rings is 1. The van der Waals surface area contributed by atoms with Gasteiger partial charge in [-0.25, -0.2) is 8.78 Å². The zero-order chi connectivity index (χ0) is 20.4. The summed E-state index contributed by atoms with van der Waals surface area (Å²) in [5, 5.41) is 6.95. The van der Waals surface area contributed by atoms with E-state index in [2.05, 4.69) is 15.3 Å². The summed E-state index contributed by atoms with van der Waals surface area (Å²) in [5.41, 5.74) is 1.18. The minimum Gasteiger partial charge on any atom is -0.370 e. The average Bonchev–Trinajstić information content (AvgIpc) is 3.31. The molecule has 0 aliphatic carbocycles. The number of aryl methyl sites for hydroxylation is 1. The van der Waals surface area contributed by atoms with Crippen LogP contribution in [0.15, 0.2) is 30.5 Å². The van der Waals surface area contributed by atoms with Gasteiger partial charge in [0.2, 0.25) is 0 Å². The Labute approximate surface area is 168 Å². The van der Waals surface area contributed by atoms with E-state index in [1.165, 1.54) is 12.1 Å². The number of rotatable bonds is 5. The number of nitrogens with one attached hydrogen (secondary N) is 1. The van der Waals surface area contributed by atoms with Crippen molar-refractivity contribution < 1.29 is 18.3 Å². The van der Waals surface area contributed by atoms with Crippen LogP contribution in [0, 0.1) is 11.6 Å². The molecule has 4 rings (SSSR count). The Balaban J connectivity index is 1.24. The van der Waals surface area contributed by atoms with Crippen LogP contribution in [0.3, 0.4) is 0 Å². The molecular formula is C21H26F2N4O2. The van der Waals surface area contributed by atoms with Gasteiger partial charge in [0, 0.05) is 39.4 Å². The molecule has 156 valence electrons. The van der Waals surface area contributed by atoms with Crippen LogP contribution in [0.25, 0.3) is 0 Å². The van der Waals surface area contributed by atoms with E-state index in [-0.39, 0.29) is 17.6 Å². The quantitative estimate of drug-likeness (QED) is 0.833. The third-order valence-electron chi connectivity index (χ3n) is 6.04. The molecule has 8 heteroatoms. The largest absolute Gasteiger partial charge is 0.370 e. The number of carbonyl (C=O) groups excluding carboxylic acids is 1. The Kier molecular flexibility index (Phi) is 5.65. The van der Waals surface area contributed by atoms with Gasteiger partial charge in [0.15, 0.2) is 11.6 Å². The SMILES string of the molecule is Cn1nccc1C(=O)NC[C@@H]1CCC2(CCN(Cc3ccc(F)c(F)c3)CC2)O1. The van der Waals surface area contributed by atoms with Gasteiger partial charge in [-0.05, 0) is 49.4 Å². The summed E-state index contributed by atoms with van der Waals surface area (Å²) in [6.07, 6.45) is 5.34. The topological polar surface area (TPSA) is 59.4 Å². The van der Waals surface area contributed by atoms with Crippen molar-refractivity contribution in [2.45, 2.75) is 43.9 Å². The Hall–Kier alpha value is -2.32. The summed E-state index contributed by atoms with van der Waals surface area (Å²) in [6.45, 7) is 2.81. The zero-order valence-corrected chi connectivity index (χ0v) is 16.5. The van der Waals surface area contributed by atoms with Crippen molar-refractivity contribution >= 4 is 5.91 Å². The number of halogens is 2. The van der Waals surface area contributed by atoms with Gasteiger partial charge in [-0.15, -0.1) is 0 Å². The van der Waals surface area contributed by atoms with Crippen LogP contribution in [0.4, 0.5) is 8.78 Å². The molecule has 2 fully saturated rings. The summed E-state index contributed by atoms with van der Waals surface area (Å²) in [5.74, 6) is -1.76. The first-order valence-corrected chi connectivity index (χ1v) is 10.0. The van der Waals surface area contributed by atoms with E-state index in [9.17, 15) is 13.6 Å². The molecule has 2 aromatic rings. The first-order chi connectivity index (χ1) is 13.9. The minimum atomic E-state index is -0.813. The number of hydrogen-bond acceptors (Lipinski definition) is 4. The molecule has 1 spiro atoms. The van der Waals surface area contributed by atoms with Crippen LogP contribution in [-0.4, -0.2) is 51.9 Å². The Morgan fingerprint density at radius 1 is 1.24 bits per heavy atom. The molecule has 29 heavy (non-hydrogen) atoms. The second-order valence-electron chi connectivity index (χ2n) is 8.04. The van der Waals surface area contributed by atoms with E-state index < -0.39 is 11.6 Å². The Bertz CT molecular complexity index is 877. The predicted octanol–water partition coefficient (Wildman–Crippen LogP) is 2.64. The van der Waals surface area contributed by atoms with Crippen molar-refractivity contribution in [2.75, 3.05) is 19.6 Å². The summed E-state index contributed by atoms with van der Waals surface area (Å²) >= 11 is 0. The van der Waals surface area contributed by atoms with Crippen LogP contribution < -0.4 is 5.32 Å². The minimum absolute atomic E-state index is 0.0184. The van der Waals surface area contributed by atoms with Gasteiger partial charge in [0.25, 0.3) is 5.91 Å². The van der Waals surface area contributed by atoms with Gasteiger partial charge in [-0.3, -0.25) is 14.4 Å². The fourth-order valence-electron chi connectivity index (χ4n) is 4.32. The van der Waals surface area contributed by atoms with Gasteiger partial charge >= 0.3 is 0 Å². The van der Waals surface area contributed by atoms with E-state index in [4.69, 9.17) is 4.74 Å². The standard InChI is InChI=1S/C21H26F2N4O2/c1-26-19(5-9-25-26)20(28)24-13-16-4-6-21(29-16)7-10-27(11-8-21)14-15-2-3-17(22)18(23)12-15/h2-3,5,9,12,16H,4,6-8,10-11,13-14H2,1H3,(H,24,28)/t16-/m0/s1. The van der Waals surface area contributed by atoms with Crippen LogP contribution in [0.2, 0.25) is 0 Å². The Morgan fingerprint density at radius 3 is 2.72 bits per heavy atom. The van der Waals surface area contributed by atoms with Crippen molar-refractivity contribution in [3.8, 4) is 0 Å². The van der Waals surface area contributed by atoms with Crippen molar-refractivity contribution in [2.24, 2.45) is 7.05 Å². The highest BCUT2D eigenvalue weighted by atomic mass is 19.2. The lowest BCUT2D eigenvalue weighted by Gasteiger charge is -2.39. The first kappa shape index (κ1) is 20.0. The van der Waals surface area contributed by atoms with Crippen molar-refractivity contribution in [3.63, 3.8) is 0 Å². The summed E-state index contributed by atoms with van der Waals surface area (Å²) < 4.78 is 34.4.